The van der Waals surface area contributed by atoms with Crippen LogP contribution in [0.3, 0.4) is 0 Å². The van der Waals surface area contributed by atoms with Crippen molar-refractivity contribution in [1.29, 1.82) is 0 Å². The number of nitrogens with one attached hydrogen (secondary N) is 4. The van der Waals surface area contributed by atoms with Crippen molar-refractivity contribution in [3.8, 4) is 11.5 Å². The van der Waals surface area contributed by atoms with Crippen molar-refractivity contribution in [3.05, 3.63) is 59.7 Å². The van der Waals surface area contributed by atoms with E-state index in [1.807, 2.05) is 37.3 Å². The van der Waals surface area contributed by atoms with E-state index in [0.29, 0.717) is 36.4 Å². The lowest BCUT2D eigenvalue weighted by Crippen LogP contribution is -2.49. The third-order valence-corrected chi connectivity index (χ3v) is 6.09. The van der Waals surface area contributed by atoms with Crippen LogP contribution in [0.15, 0.2) is 48.5 Å². The van der Waals surface area contributed by atoms with Gasteiger partial charge in [0.2, 0.25) is 17.7 Å². The van der Waals surface area contributed by atoms with Gasteiger partial charge in [0.15, 0.2) is 11.5 Å². The minimum atomic E-state index is -0.875. The molecule has 4 N–H and O–H groups in total. The van der Waals surface area contributed by atoms with Gasteiger partial charge < -0.3 is 30.7 Å². The highest BCUT2D eigenvalue weighted by molar-refractivity contribution is 5.98. The van der Waals surface area contributed by atoms with E-state index in [2.05, 4.69) is 21.3 Å². The van der Waals surface area contributed by atoms with Crippen LogP contribution in [-0.2, 0) is 20.8 Å². The Hall–Kier alpha value is -4.08. The first-order chi connectivity index (χ1) is 18.4. The van der Waals surface area contributed by atoms with Crippen molar-refractivity contribution in [2.75, 3.05) is 26.8 Å². The lowest BCUT2D eigenvalue weighted by atomic mass is 10.0. The maximum atomic E-state index is 13.1. The summed E-state index contributed by atoms with van der Waals surface area (Å²) in [5, 5.41) is 11.1. The number of methoxy groups -OCH3 is 1. The summed E-state index contributed by atoms with van der Waals surface area (Å²) in [6.45, 7) is 2.62. The molecule has 1 aliphatic heterocycles. The van der Waals surface area contributed by atoms with Gasteiger partial charge in [-0.15, -0.1) is 0 Å². The Bertz CT molecular complexity index is 1110. The Kier molecular flexibility index (Phi) is 11.0. The fourth-order valence-electron chi connectivity index (χ4n) is 4.07. The lowest BCUT2D eigenvalue weighted by molar-refractivity contribution is -0.129. The lowest BCUT2D eigenvalue weighted by Gasteiger charge is -2.20. The molecule has 0 radical (unpaired) electrons. The summed E-state index contributed by atoms with van der Waals surface area (Å²) in [4.78, 5) is 51.4. The van der Waals surface area contributed by atoms with Crippen molar-refractivity contribution in [2.45, 2.75) is 51.1 Å². The molecule has 10 heteroatoms. The van der Waals surface area contributed by atoms with Crippen molar-refractivity contribution in [2.24, 2.45) is 0 Å². The van der Waals surface area contributed by atoms with E-state index in [9.17, 15) is 19.2 Å². The number of fused-ring (bicyclic) bond motifs is 2. The fraction of sp³-hybridized carbons (Fsp3) is 0.429. The summed E-state index contributed by atoms with van der Waals surface area (Å²) in [5.41, 5.74) is 1.18. The third kappa shape index (κ3) is 8.50. The second-order valence-corrected chi connectivity index (χ2v) is 9.02. The average molecular weight is 525 g/mol. The highest BCUT2D eigenvalue weighted by Crippen LogP contribution is 2.28. The van der Waals surface area contributed by atoms with E-state index in [0.717, 1.165) is 12.0 Å². The highest BCUT2D eigenvalue weighted by Gasteiger charge is 2.24. The van der Waals surface area contributed by atoms with Crippen LogP contribution in [0, 0.1) is 0 Å². The predicted molar refractivity (Wildman–Crippen MR) is 142 cm³/mol. The molecule has 204 valence electrons. The average Bonchev–Trinajstić information content (AvgIpc) is 2.92. The van der Waals surface area contributed by atoms with Gasteiger partial charge in [0.05, 0.1) is 13.7 Å². The van der Waals surface area contributed by atoms with E-state index in [-0.39, 0.29) is 37.8 Å². The van der Waals surface area contributed by atoms with Gasteiger partial charge in [0, 0.05) is 31.5 Å². The quantitative estimate of drug-likeness (QED) is 0.471. The van der Waals surface area contributed by atoms with Gasteiger partial charge in [0.1, 0.15) is 12.1 Å². The zero-order valence-electron chi connectivity index (χ0n) is 21.9. The molecule has 1 aliphatic rings. The molecule has 0 aliphatic carbocycles. The van der Waals surface area contributed by atoms with E-state index in [4.69, 9.17) is 9.47 Å². The van der Waals surface area contributed by atoms with Crippen LogP contribution in [0.2, 0.25) is 0 Å². The van der Waals surface area contributed by atoms with Crippen molar-refractivity contribution in [3.63, 3.8) is 0 Å². The zero-order valence-corrected chi connectivity index (χ0v) is 21.9. The normalized spacial score (nSPS) is 19.8. The summed E-state index contributed by atoms with van der Waals surface area (Å²) >= 11 is 0. The van der Waals surface area contributed by atoms with Crippen LogP contribution >= 0.6 is 0 Å². The fourth-order valence-corrected chi connectivity index (χ4v) is 4.07. The molecular formula is C28H36N4O6. The predicted octanol–water partition coefficient (Wildman–Crippen LogP) is 1.73. The van der Waals surface area contributed by atoms with Crippen molar-refractivity contribution in [1.82, 2.24) is 21.3 Å². The second-order valence-electron chi connectivity index (χ2n) is 9.02. The van der Waals surface area contributed by atoms with Gasteiger partial charge in [-0.2, -0.15) is 0 Å². The summed E-state index contributed by atoms with van der Waals surface area (Å²) in [6, 6.07) is 12.6. The van der Waals surface area contributed by atoms with Gasteiger partial charge in [-0.25, -0.2) is 0 Å². The summed E-state index contributed by atoms with van der Waals surface area (Å²) < 4.78 is 11.2. The maximum absolute atomic E-state index is 13.1. The Labute approximate surface area is 222 Å². The smallest absolute Gasteiger partial charge is 0.252 e. The van der Waals surface area contributed by atoms with Gasteiger partial charge in [0.25, 0.3) is 5.91 Å². The third-order valence-electron chi connectivity index (χ3n) is 6.09. The van der Waals surface area contributed by atoms with Gasteiger partial charge in [-0.1, -0.05) is 43.7 Å². The molecule has 4 amide bonds. The molecule has 10 nitrogen and oxygen atoms in total. The van der Waals surface area contributed by atoms with Crippen LogP contribution in [0.4, 0.5) is 0 Å². The van der Waals surface area contributed by atoms with Crippen LogP contribution in [0.25, 0.3) is 0 Å². The van der Waals surface area contributed by atoms with Crippen LogP contribution in [0.5, 0.6) is 11.5 Å². The van der Waals surface area contributed by atoms with E-state index in [1.165, 1.54) is 7.11 Å². The maximum Gasteiger partial charge on any atom is 0.252 e. The molecule has 1 heterocycles. The topological polar surface area (TPSA) is 135 Å². The molecule has 0 saturated carbocycles. The zero-order chi connectivity index (χ0) is 27.3. The molecule has 0 aromatic heterocycles. The highest BCUT2D eigenvalue weighted by atomic mass is 16.5. The monoisotopic (exact) mass is 524 g/mol. The van der Waals surface area contributed by atoms with E-state index in [1.54, 1.807) is 18.2 Å². The van der Waals surface area contributed by atoms with E-state index >= 15 is 0 Å². The SMILES string of the molecule is CCC[C@@H]1NC(=O)CCNC(=O)[C@H](Cc2ccccc2)NC(=O)c2ccc(OC)c(c2)OCCCNC1=O. The van der Waals surface area contributed by atoms with Crippen LogP contribution in [0.1, 0.15) is 48.5 Å². The molecule has 0 fully saturated rings. The molecule has 0 saturated heterocycles. The number of hydrogen-bond acceptors (Lipinski definition) is 6. The van der Waals surface area contributed by atoms with Gasteiger partial charge >= 0.3 is 0 Å². The number of amides is 4. The number of carbonyl (C=O) groups is 4. The second kappa shape index (κ2) is 14.6. The number of carbonyl (C=O) groups excluding carboxylic acids is 4. The van der Waals surface area contributed by atoms with Crippen molar-refractivity contribution >= 4 is 23.6 Å². The molecule has 3 rings (SSSR count). The molecule has 0 unspecified atom stereocenters. The Balaban J connectivity index is 1.84. The minimum absolute atomic E-state index is 0.000910. The van der Waals surface area contributed by atoms with Crippen LogP contribution in [-0.4, -0.2) is 62.5 Å². The number of rotatable bonds is 5. The van der Waals surface area contributed by atoms with Crippen molar-refractivity contribution < 1.29 is 28.7 Å². The summed E-state index contributed by atoms with van der Waals surface area (Å²) in [7, 11) is 1.51. The van der Waals surface area contributed by atoms with Crippen LogP contribution < -0.4 is 30.7 Å². The summed E-state index contributed by atoms with van der Waals surface area (Å²) in [6.07, 6.45) is 1.99. The first kappa shape index (κ1) is 28.5. The standard InChI is InChI=1S/C28H36N4O6/c1-3-8-21-27(35)29-14-7-16-38-24-18-20(11-12-23(24)37-2)26(34)32-22(17-19-9-5-4-6-10-19)28(36)30-15-13-25(33)31-21/h4-6,9-12,18,21-22H,3,7-8,13-17H2,1-2H3,(H,29,35)(H,30,36)(H,31,33)(H,32,34)/t21-,22-/m0/s1. The summed E-state index contributed by atoms with van der Waals surface area (Å²) in [5.74, 6) is -0.628. The van der Waals surface area contributed by atoms with Gasteiger partial charge in [-0.05, 0) is 36.6 Å². The largest absolute Gasteiger partial charge is 0.493 e. The Morgan fingerprint density at radius 1 is 0.921 bits per heavy atom. The Morgan fingerprint density at radius 2 is 1.66 bits per heavy atom. The molecule has 2 aromatic rings. The molecule has 2 aromatic carbocycles. The van der Waals surface area contributed by atoms with Gasteiger partial charge in [-0.3, -0.25) is 19.2 Å². The van der Waals surface area contributed by atoms with E-state index < -0.39 is 23.9 Å². The first-order valence-corrected chi connectivity index (χ1v) is 12.9. The first-order valence-electron chi connectivity index (χ1n) is 12.9. The molecule has 2 atom stereocenters. The Morgan fingerprint density at radius 3 is 2.39 bits per heavy atom. The molecule has 2 bridgehead atoms. The number of benzene rings is 2. The number of ether oxygens (including phenoxy) is 2. The molecule has 38 heavy (non-hydrogen) atoms. The number of hydrogen-bond donors (Lipinski definition) is 4. The minimum Gasteiger partial charge on any atom is -0.493 e. The molecular weight excluding hydrogens is 488 g/mol. The molecule has 0 spiro atoms.